The van der Waals surface area contributed by atoms with Crippen molar-refractivity contribution in [2.75, 3.05) is 0 Å². The molecule has 0 radical (unpaired) electrons. The third kappa shape index (κ3) is 5.47. The number of hydrogen-bond acceptors (Lipinski definition) is 3. The number of nitrogens with zero attached hydrogens (tertiary/aromatic N) is 3. The van der Waals surface area contributed by atoms with E-state index in [9.17, 15) is 5.11 Å². The van der Waals surface area contributed by atoms with Gasteiger partial charge in [0.1, 0.15) is 11.6 Å². The summed E-state index contributed by atoms with van der Waals surface area (Å²) in [5.41, 5.74) is 11.5. The minimum atomic E-state index is -0.345. The van der Waals surface area contributed by atoms with Gasteiger partial charge in [-0.15, -0.1) is 0 Å². The van der Waals surface area contributed by atoms with Crippen LogP contribution in [0.1, 0.15) is 25.0 Å². The molecule has 0 aliphatic carbocycles. The Bertz CT molecular complexity index is 2400. The molecule has 0 bridgehead atoms. The SMILES string of the molecule is CC(C)(c1ccccc1)c1ccc2c(nc(-c3ccc(-c4ccccc4)cc3O)n2-c2ccccc2)c1-c1cccc(-c2ccccn2)c1. The predicted octanol–water partition coefficient (Wildman–Crippen LogP) is 11.1. The van der Waals surface area contributed by atoms with E-state index in [1.165, 1.54) is 5.56 Å². The van der Waals surface area contributed by atoms with E-state index in [0.29, 0.717) is 11.4 Å². The third-order valence-electron chi connectivity index (χ3n) is 9.47. The molecule has 2 heterocycles. The van der Waals surface area contributed by atoms with Crippen LogP contribution in [0.25, 0.3) is 61.6 Å². The Morgan fingerprint density at radius 2 is 1.24 bits per heavy atom. The molecule has 0 aliphatic rings. The number of imidazole rings is 1. The van der Waals surface area contributed by atoms with Gasteiger partial charge in [-0.1, -0.05) is 129 Å². The summed E-state index contributed by atoms with van der Waals surface area (Å²) in [7, 11) is 0. The molecule has 0 atom stereocenters. The van der Waals surface area contributed by atoms with Crippen LogP contribution in [-0.4, -0.2) is 19.6 Å². The second-order valence-electron chi connectivity index (χ2n) is 12.8. The number of phenolic OH excluding ortho intramolecular Hbond substituents is 1. The molecule has 8 aromatic rings. The van der Waals surface area contributed by atoms with Crippen LogP contribution in [0.4, 0.5) is 0 Å². The lowest BCUT2D eigenvalue weighted by atomic mass is 9.74. The maximum Gasteiger partial charge on any atom is 0.149 e. The standard InChI is InChI=1S/C45H35N3O/c1-45(2,35-19-8-4-9-20-35)38-26-27-40-43(42(38)34-18-14-17-33(29-34)39-23-12-13-28-46-39)47-44(48(40)36-21-10-5-11-22-36)37-25-24-32(30-41(37)49)31-15-6-3-7-16-31/h3-30,49H,1-2H3. The number of aromatic nitrogens is 3. The van der Waals surface area contributed by atoms with Gasteiger partial charge in [-0.3, -0.25) is 9.55 Å². The molecule has 1 N–H and O–H groups in total. The van der Waals surface area contributed by atoms with Gasteiger partial charge >= 0.3 is 0 Å². The Labute approximate surface area is 286 Å². The van der Waals surface area contributed by atoms with Gasteiger partial charge in [0.25, 0.3) is 0 Å². The van der Waals surface area contributed by atoms with Crippen molar-refractivity contribution in [2.24, 2.45) is 0 Å². The van der Waals surface area contributed by atoms with Crippen molar-refractivity contribution in [3.63, 3.8) is 0 Å². The Morgan fingerprint density at radius 1 is 0.571 bits per heavy atom. The summed E-state index contributed by atoms with van der Waals surface area (Å²) in [6.45, 7) is 4.55. The molecule has 6 aromatic carbocycles. The smallest absolute Gasteiger partial charge is 0.149 e. The highest BCUT2D eigenvalue weighted by Gasteiger charge is 2.30. The first-order chi connectivity index (χ1) is 24.0. The van der Waals surface area contributed by atoms with Crippen LogP contribution in [0.15, 0.2) is 170 Å². The summed E-state index contributed by atoms with van der Waals surface area (Å²) in [6, 6.07) is 55.9. The molecule has 0 spiro atoms. The van der Waals surface area contributed by atoms with E-state index in [1.54, 1.807) is 0 Å². The second kappa shape index (κ2) is 12.4. The number of fused-ring (bicyclic) bond motifs is 1. The molecular formula is C45H35N3O. The molecule has 0 unspecified atom stereocenters. The maximum atomic E-state index is 11.6. The van der Waals surface area contributed by atoms with E-state index >= 15 is 0 Å². The van der Waals surface area contributed by atoms with E-state index in [4.69, 9.17) is 4.98 Å². The largest absolute Gasteiger partial charge is 0.507 e. The number of pyridine rings is 1. The minimum Gasteiger partial charge on any atom is -0.507 e. The zero-order valence-electron chi connectivity index (χ0n) is 27.5. The molecule has 49 heavy (non-hydrogen) atoms. The highest BCUT2D eigenvalue weighted by molar-refractivity contribution is 5.99. The quantitative estimate of drug-likeness (QED) is 0.190. The van der Waals surface area contributed by atoms with E-state index in [2.05, 4.69) is 120 Å². The summed E-state index contributed by atoms with van der Waals surface area (Å²) >= 11 is 0. The Kier molecular flexibility index (Phi) is 7.62. The van der Waals surface area contributed by atoms with Crippen LogP contribution < -0.4 is 0 Å². The highest BCUT2D eigenvalue weighted by Crippen LogP contribution is 2.45. The molecule has 2 aromatic heterocycles. The second-order valence-corrected chi connectivity index (χ2v) is 12.8. The Balaban J connectivity index is 1.43. The topological polar surface area (TPSA) is 50.9 Å². The average Bonchev–Trinajstić information content (AvgIpc) is 3.55. The van der Waals surface area contributed by atoms with Crippen molar-refractivity contribution >= 4 is 11.0 Å². The van der Waals surface area contributed by atoms with Gasteiger partial charge in [0.05, 0.1) is 22.3 Å². The number of benzene rings is 6. The zero-order chi connectivity index (χ0) is 33.4. The van der Waals surface area contributed by atoms with Crippen molar-refractivity contribution < 1.29 is 5.11 Å². The zero-order valence-corrected chi connectivity index (χ0v) is 27.5. The molecule has 236 valence electrons. The summed E-state index contributed by atoms with van der Waals surface area (Å²) in [4.78, 5) is 10.1. The molecular weight excluding hydrogens is 599 g/mol. The summed E-state index contributed by atoms with van der Waals surface area (Å²) in [6.07, 6.45) is 1.83. The normalized spacial score (nSPS) is 11.6. The fraction of sp³-hybridized carbons (Fsp3) is 0.0667. The van der Waals surface area contributed by atoms with Gasteiger partial charge in [0.2, 0.25) is 0 Å². The maximum absolute atomic E-state index is 11.6. The van der Waals surface area contributed by atoms with Gasteiger partial charge in [0, 0.05) is 28.4 Å². The van der Waals surface area contributed by atoms with Gasteiger partial charge in [-0.2, -0.15) is 0 Å². The first-order valence-electron chi connectivity index (χ1n) is 16.6. The van der Waals surface area contributed by atoms with Crippen molar-refractivity contribution in [1.29, 1.82) is 0 Å². The first kappa shape index (κ1) is 30.1. The van der Waals surface area contributed by atoms with Crippen LogP contribution >= 0.6 is 0 Å². The molecule has 0 saturated carbocycles. The van der Waals surface area contributed by atoms with E-state index < -0.39 is 0 Å². The molecule has 0 saturated heterocycles. The van der Waals surface area contributed by atoms with Gasteiger partial charge in [0.15, 0.2) is 0 Å². The van der Waals surface area contributed by atoms with E-state index in [-0.39, 0.29) is 11.2 Å². The molecule has 4 heteroatoms. The van der Waals surface area contributed by atoms with Crippen molar-refractivity contribution in [1.82, 2.24) is 14.5 Å². The number of para-hydroxylation sites is 1. The summed E-state index contributed by atoms with van der Waals surface area (Å²) in [5, 5.41) is 11.6. The summed E-state index contributed by atoms with van der Waals surface area (Å²) in [5.74, 6) is 0.854. The lowest BCUT2D eigenvalue weighted by molar-refractivity contribution is 0.477. The fourth-order valence-corrected chi connectivity index (χ4v) is 6.88. The lowest BCUT2D eigenvalue weighted by Gasteiger charge is -2.29. The lowest BCUT2D eigenvalue weighted by Crippen LogP contribution is -2.20. The van der Waals surface area contributed by atoms with Gasteiger partial charge in [-0.05, 0) is 76.3 Å². The van der Waals surface area contributed by atoms with Crippen molar-refractivity contribution in [3.05, 3.63) is 181 Å². The van der Waals surface area contributed by atoms with Crippen LogP contribution in [0.3, 0.4) is 0 Å². The number of rotatable bonds is 7. The number of phenols is 1. The number of hydrogen-bond donors (Lipinski definition) is 1. The Hall–Kier alpha value is -6.26. The van der Waals surface area contributed by atoms with Gasteiger partial charge < -0.3 is 5.11 Å². The van der Waals surface area contributed by atoms with Crippen LogP contribution in [0.5, 0.6) is 5.75 Å². The molecule has 8 rings (SSSR count). The predicted molar refractivity (Wildman–Crippen MR) is 201 cm³/mol. The molecule has 0 aliphatic heterocycles. The van der Waals surface area contributed by atoms with E-state index in [0.717, 1.165) is 55.8 Å². The third-order valence-corrected chi connectivity index (χ3v) is 9.47. The minimum absolute atomic E-state index is 0.178. The molecule has 4 nitrogen and oxygen atoms in total. The number of aromatic hydroxyl groups is 1. The van der Waals surface area contributed by atoms with Crippen molar-refractivity contribution in [2.45, 2.75) is 19.3 Å². The Morgan fingerprint density at radius 3 is 1.96 bits per heavy atom. The first-order valence-corrected chi connectivity index (χ1v) is 16.6. The van der Waals surface area contributed by atoms with Crippen molar-refractivity contribution in [3.8, 4) is 56.3 Å². The van der Waals surface area contributed by atoms with Crippen LogP contribution in [-0.2, 0) is 5.41 Å². The van der Waals surface area contributed by atoms with E-state index in [1.807, 2.05) is 72.9 Å². The van der Waals surface area contributed by atoms with Crippen LogP contribution in [0, 0.1) is 0 Å². The highest BCUT2D eigenvalue weighted by atomic mass is 16.3. The molecule has 0 fully saturated rings. The average molecular weight is 634 g/mol. The summed E-state index contributed by atoms with van der Waals surface area (Å²) < 4.78 is 2.16. The van der Waals surface area contributed by atoms with Crippen LogP contribution in [0.2, 0.25) is 0 Å². The van der Waals surface area contributed by atoms with Gasteiger partial charge in [-0.25, -0.2) is 4.98 Å². The fourth-order valence-electron chi connectivity index (χ4n) is 6.88. The monoisotopic (exact) mass is 633 g/mol. The molecule has 0 amide bonds.